The highest BCUT2D eigenvalue weighted by molar-refractivity contribution is 5.80. The average Bonchev–Trinajstić information content (AvgIpc) is 2.46. The maximum atomic E-state index is 11.7. The summed E-state index contributed by atoms with van der Waals surface area (Å²) in [6.45, 7) is 7.15. The molecule has 0 fully saturated rings. The Labute approximate surface area is 125 Å². The van der Waals surface area contributed by atoms with Crippen LogP contribution in [0.15, 0.2) is 0 Å². The third-order valence-electron chi connectivity index (χ3n) is 2.96. The molecule has 0 aromatic carbocycles. The smallest absolute Gasteiger partial charge is 0.239 e. The summed E-state index contributed by atoms with van der Waals surface area (Å²) in [4.78, 5) is 20.6. The Bertz CT molecular complexity index is 477. The zero-order valence-corrected chi connectivity index (χ0v) is 13.4. The van der Waals surface area contributed by atoms with Gasteiger partial charge in [-0.15, -0.1) is 0 Å². The Hall–Kier alpha value is -1.89. The molecule has 0 aliphatic carbocycles. The maximum absolute atomic E-state index is 11.7. The van der Waals surface area contributed by atoms with Crippen LogP contribution in [-0.2, 0) is 9.53 Å². The van der Waals surface area contributed by atoms with Crippen molar-refractivity contribution < 1.29 is 9.53 Å². The molecule has 7 nitrogen and oxygen atoms in total. The molecular formula is C14H25N5O2. The van der Waals surface area contributed by atoms with Gasteiger partial charge in [-0.25, -0.2) is 9.97 Å². The van der Waals surface area contributed by atoms with Gasteiger partial charge < -0.3 is 20.7 Å². The summed E-state index contributed by atoms with van der Waals surface area (Å²) >= 11 is 0. The van der Waals surface area contributed by atoms with E-state index in [0.29, 0.717) is 19.0 Å². The van der Waals surface area contributed by atoms with Gasteiger partial charge in [-0.05, 0) is 6.92 Å². The Balaban J connectivity index is 2.73. The van der Waals surface area contributed by atoms with Gasteiger partial charge in [0.15, 0.2) is 0 Å². The van der Waals surface area contributed by atoms with Crippen LogP contribution in [0.25, 0.3) is 0 Å². The molecule has 0 bridgehead atoms. The van der Waals surface area contributed by atoms with E-state index in [0.717, 1.165) is 17.2 Å². The highest BCUT2D eigenvalue weighted by Gasteiger charge is 2.13. The Kier molecular flexibility index (Phi) is 6.87. The van der Waals surface area contributed by atoms with Gasteiger partial charge >= 0.3 is 0 Å². The number of hydrogen-bond donors (Lipinski definition) is 3. The minimum absolute atomic E-state index is 0.0952. The van der Waals surface area contributed by atoms with Crippen molar-refractivity contribution in [3.8, 4) is 0 Å². The van der Waals surface area contributed by atoms with Crippen molar-refractivity contribution >= 4 is 17.5 Å². The van der Waals surface area contributed by atoms with Gasteiger partial charge in [-0.1, -0.05) is 13.8 Å². The SMILES string of the molecule is CNc1nc(C(C)C)nc(NCC(=O)NCCOC)c1C. The van der Waals surface area contributed by atoms with E-state index in [-0.39, 0.29) is 18.4 Å². The lowest BCUT2D eigenvalue weighted by molar-refractivity contribution is -0.119. The fraction of sp³-hybridized carbons (Fsp3) is 0.643. The lowest BCUT2D eigenvalue weighted by Gasteiger charge is -2.15. The van der Waals surface area contributed by atoms with Crippen molar-refractivity contribution in [2.45, 2.75) is 26.7 Å². The monoisotopic (exact) mass is 295 g/mol. The van der Waals surface area contributed by atoms with E-state index in [4.69, 9.17) is 4.74 Å². The van der Waals surface area contributed by atoms with Crippen LogP contribution in [0.5, 0.6) is 0 Å². The molecule has 3 N–H and O–H groups in total. The van der Waals surface area contributed by atoms with Gasteiger partial charge in [-0.2, -0.15) is 0 Å². The van der Waals surface area contributed by atoms with Gasteiger partial charge in [0.2, 0.25) is 5.91 Å². The molecule has 0 aliphatic rings. The summed E-state index contributed by atoms with van der Waals surface area (Å²) in [7, 11) is 3.42. The minimum Gasteiger partial charge on any atom is -0.383 e. The van der Waals surface area contributed by atoms with Crippen molar-refractivity contribution in [3.05, 3.63) is 11.4 Å². The number of anilines is 2. The van der Waals surface area contributed by atoms with Crippen LogP contribution in [0.4, 0.5) is 11.6 Å². The number of carbonyl (C=O) groups is 1. The molecule has 1 rings (SSSR count). The fourth-order valence-corrected chi connectivity index (χ4v) is 1.73. The zero-order valence-electron chi connectivity index (χ0n) is 13.4. The number of nitrogens with one attached hydrogen (secondary N) is 3. The summed E-state index contributed by atoms with van der Waals surface area (Å²) < 4.78 is 4.88. The Morgan fingerprint density at radius 2 is 1.95 bits per heavy atom. The van der Waals surface area contributed by atoms with Crippen LogP contribution in [0.3, 0.4) is 0 Å². The summed E-state index contributed by atoms with van der Waals surface area (Å²) in [5.41, 5.74) is 0.895. The van der Waals surface area contributed by atoms with Crippen LogP contribution >= 0.6 is 0 Å². The molecule has 1 aromatic rings. The molecule has 0 unspecified atom stereocenters. The minimum atomic E-state index is -0.0952. The Morgan fingerprint density at radius 3 is 2.52 bits per heavy atom. The first kappa shape index (κ1) is 17.2. The lowest BCUT2D eigenvalue weighted by Crippen LogP contribution is -2.32. The van der Waals surface area contributed by atoms with Gasteiger partial charge in [0.1, 0.15) is 17.5 Å². The third kappa shape index (κ3) is 5.18. The van der Waals surface area contributed by atoms with E-state index in [2.05, 4.69) is 25.9 Å². The number of carbonyl (C=O) groups excluding carboxylic acids is 1. The predicted octanol–water partition coefficient (Wildman–Crippen LogP) is 1.12. The van der Waals surface area contributed by atoms with Crippen LogP contribution in [-0.4, -0.2) is 49.7 Å². The summed E-state index contributed by atoms with van der Waals surface area (Å²) in [5.74, 6) is 2.32. The van der Waals surface area contributed by atoms with Crippen LogP contribution < -0.4 is 16.0 Å². The third-order valence-corrected chi connectivity index (χ3v) is 2.96. The first-order valence-corrected chi connectivity index (χ1v) is 7.05. The number of methoxy groups -OCH3 is 1. The summed E-state index contributed by atoms with van der Waals surface area (Å²) in [6, 6.07) is 0. The maximum Gasteiger partial charge on any atom is 0.239 e. The number of rotatable bonds is 8. The van der Waals surface area contributed by atoms with E-state index in [1.165, 1.54) is 0 Å². The van der Waals surface area contributed by atoms with Crippen molar-refractivity contribution in [2.24, 2.45) is 0 Å². The first-order chi connectivity index (χ1) is 9.99. The largest absolute Gasteiger partial charge is 0.383 e. The molecule has 7 heteroatoms. The topological polar surface area (TPSA) is 88.2 Å². The molecule has 0 radical (unpaired) electrons. The van der Waals surface area contributed by atoms with E-state index in [1.54, 1.807) is 7.11 Å². The zero-order chi connectivity index (χ0) is 15.8. The highest BCUT2D eigenvalue weighted by atomic mass is 16.5. The number of aromatic nitrogens is 2. The average molecular weight is 295 g/mol. The van der Waals surface area contributed by atoms with Crippen molar-refractivity contribution in [1.82, 2.24) is 15.3 Å². The van der Waals surface area contributed by atoms with Crippen LogP contribution in [0.2, 0.25) is 0 Å². The number of ether oxygens (including phenoxy) is 1. The fourth-order valence-electron chi connectivity index (χ4n) is 1.73. The van der Waals surface area contributed by atoms with Crippen LogP contribution in [0, 0.1) is 6.92 Å². The second-order valence-corrected chi connectivity index (χ2v) is 5.01. The normalized spacial score (nSPS) is 10.6. The molecular weight excluding hydrogens is 270 g/mol. The number of amides is 1. The van der Waals surface area contributed by atoms with Crippen molar-refractivity contribution in [3.63, 3.8) is 0 Å². The van der Waals surface area contributed by atoms with E-state index in [9.17, 15) is 4.79 Å². The van der Waals surface area contributed by atoms with E-state index < -0.39 is 0 Å². The van der Waals surface area contributed by atoms with Crippen molar-refractivity contribution in [1.29, 1.82) is 0 Å². The van der Waals surface area contributed by atoms with Gasteiger partial charge in [-0.3, -0.25) is 4.79 Å². The number of hydrogen-bond acceptors (Lipinski definition) is 6. The first-order valence-electron chi connectivity index (χ1n) is 7.05. The molecule has 0 saturated heterocycles. The lowest BCUT2D eigenvalue weighted by atomic mass is 10.2. The van der Waals surface area contributed by atoms with Crippen LogP contribution in [0.1, 0.15) is 31.2 Å². The molecule has 21 heavy (non-hydrogen) atoms. The standard InChI is InChI=1S/C14H25N5O2/c1-9(2)12-18-13(15-4)10(3)14(19-12)17-8-11(20)16-6-7-21-5/h9H,6-8H2,1-5H3,(H,16,20)(H2,15,17,18,19). The second-order valence-electron chi connectivity index (χ2n) is 5.01. The van der Waals surface area contributed by atoms with E-state index >= 15 is 0 Å². The van der Waals surface area contributed by atoms with Crippen molar-refractivity contribution in [2.75, 3.05) is 44.5 Å². The molecule has 1 aromatic heterocycles. The highest BCUT2D eigenvalue weighted by Crippen LogP contribution is 2.22. The summed E-state index contributed by atoms with van der Waals surface area (Å²) in [6.07, 6.45) is 0. The summed E-state index contributed by atoms with van der Waals surface area (Å²) in [5, 5.41) is 8.87. The molecule has 1 amide bonds. The quantitative estimate of drug-likeness (QED) is 0.623. The molecule has 0 aliphatic heterocycles. The van der Waals surface area contributed by atoms with Gasteiger partial charge in [0, 0.05) is 32.2 Å². The van der Waals surface area contributed by atoms with Gasteiger partial charge in [0.25, 0.3) is 0 Å². The molecule has 0 spiro atoms. The predicted molar refractivity (Wildman–Crippen MR) is 83.8 cm³/mol. The molecule has 118 valence electrons. The molecule has 0 atom stereocenters. The molecule has 0 saturated carbocycles. The Morgan fingerprint density at radius 1 is 1.29 bits per heavy atom. The second kappa shape index (κ2) is 8.41. The molecule has 1 heterocycles. The van der Waals surface area contributed by atoms with E-state index in [1.807, 2.05) is 27.8 Å². The number of nitrogens with zero attached hydrogens (tertiary/aromatic N) is 2. The van der Waals surface area contributed by atoms with Gasteiger partial charge in [0.05, 0.1) is 13.2 Å².